The zero-order valence-electron chi connectivity index (χ0n) is 14.4. The maximum absolute atomic E-state index is 11.7. The fourth-order valence-corrected chi connectivity index (χ4v) is 2.91. The van der Waals surface area contributed by atoms with E-state index in [4.69, 9.17) is 5.73 Å². The third-order valence-electron chi connectivity index (χ3n) is 4.33. The number of nitrogens with two attached hydrogens (primary N) is 1. The largest absolute Gasteiger partial charge is 0.391 e. The van der Waals surface area contributed by atoms with Crippen molar-refractivity contribution in [3.63, 3.8) is 0 Å². The Morgan fingerprint density at radius 1 is 1.40 bits per heavy atom. The molecule has 0 atom stereocenters. The molecule has 1 aliphatic rings. The molecule has 1 amide bonds. The van der Waals surface area contributed by atoms with E-state index in [1.54, 1.807) is 18.0 Å². The summed E-state index contributed by atoms with van der Waals surface area (Å²) in [6, 6.07) is 7.80. The highest BCUT2D eigenvalue weighted by molar-refractivity contribution is 6.00. The Morgan fingerprint density at radius 2 is 2.24 bits per heavy atom. The molecule has 0 radical (unpaired) electrons. The van der Waals surface area contributed by atoms with Crippen molar-refractivity contribution in [1.82, 2.24) is 20.4 Å². The normalized spacial score (nSPS) is 15.4. The van der Waals surface area contributed by atoms with Gasteiger partial charge in [-0.15, -0.1) is 0 Å². The average Bonchev–Trinajstić information content (AvgIpc) is 3.16. The standard InChI is InChI=1S/C18H22N6O/c1-12(25)24-7-6-17(20-2)16(11-24)18(19)23-15-5-3-4-13(8-15)14-9-21-22-10-14/h3-5,8-10,20H,6-7,11H2,1-2H3,(H2,19,23)(H,21,22). The van der Waals surface area contributed by atoms with E-state index < -0.39 is 0 Å². The minimum atomic E-state index is 0.0439. The molecule has 1 aliphatic heterocycles. The van der Waals surface area contributed by atoms with Gasteiger partial charge in [0, 0.05) is 50.0 Å². The number of hydrogen-bond acceptors (Lipinski definition) is 4. The van der Waals surface area contributed by atoms with Crippen LogP contribution in [0.4, 0.5) is 5.69 Å². The molecule has 130 valence electrons. The number of aliphatic imine (C=N–C) groups is 1. The third-order valence-corrected chi connectivity index (χ3v) is 4.33. The lowest BCUT2D eigenvalue weighted by atomic mass is 10.0. The monoisotopic (exact) mass is 338 g/mol. The Bertz CT molecular complexity index is 822. The van der Waals surface area contributed by atoms with Gasteiger partial charge in [-0.2, -0.15) is 5.10 Å². The summed E-state index contributed by atoms with van der Waals surface area (Å²) in [5, 5.41) is 9.96. The first-order valence-corrected chi connectivity index (χ1v) is 8.17. The second-order valence-corrected chi connectivity index (χ2v) is 5.93. The van der Waals surface area contributed by atoms with Crippen molar-refractivity contribution in [2.24, 2.45) is 10.7 Å². The lowest BCUT2D eigenvalue weighted by Gasteiger charge is -2.29. The summed E-state index contributed by atoms with van der Waals surface area (Å²) in [6.07, 6.45) is 4.34. The first-order valence-electron chi connectivity index (χ1n) is 8.17. The number of hydrogen-bond donors (Lipinski definition) is 3. The molecule has 2 aromatic rings. The van der Waals surface area contributed by atoms with Crippen LogP contribution in [0.2, 0.25) is 0 Å². The van der Waals surface area contributed by atoms with Crippen molar-refractivity contribution in [1.29, 1.82) is 0 Å². The molecule has 0 saturated heterocycles. The smallest absolute Gasteiger partial charge is 0.219 e. The van der Waals surface area contributed by atoms with Crippen LogP contribution in [-0.4, -0.2) is 47.0 Å². The van der Waals surface area contributed by atoms with E-state index in [1.807, 2.05) is 37.5 Å². The van der Waals surface area contributed by atoms with Gasteiger partial charge < -0.3 is 16.0 Å². The van der Waals surface area contributed by atoms with Crippen molar-refractivity contribution in [2.75, 3.05) is 20.1 Å². The van der Waals surface area contributed by atoms with Crippen LogP contribution in [0.25, 0.3) is 11.1 Å². The van der Waals surface area contributed by atoms with Gasteiger partial charge in [0.2, 0.25) is 5.91 Å². The summed E-state index contributed by atoms with van der Waals surface area (Å²) < 4.78 is 0. The van der Waals surface area contributed by atoms with Gasteiger partial charge in [-0.25, -0.2) is 4.99 Å². The third kappa shape index (κ3) is 3.71. The molecule has 1 aromatic carbocycles. The fourth-order valence-electron chi connectivity index (χ4n) is 2.91. The van der Waals surface area contributed by atoms with E-state index >= 15 is 0 Å². The molecule has 1 aromatic heterocycles. The molecule has 0 spiro atoms. The van der Waals surface area contributed by atoms with E-state index in [1.165, 1.54) is 0 Å². The zero-order valence-corrected chi connectivity index (χ0v) is 14.4. The molecular weight excluding hydrogens is 316 g/mol. The molecule has 0 unspecified atom stereocenters. The van der Waals surface area contributed by atoms with Gasteiger partial charge in [-0.1, -0.05) is 12.1 Å². The minimum absolute atomic E-state index is 0.0439. The number of rotatable bonds is 4. The molecule has 0 saturated carbocycles. The summed E-state index contributed by atoms with van der Waals surface area (Å²) in [5.41, 5.74) is 10.9. The molecule has 7 nitrogen and oxygen atoms in total. The molecule has 0 aliphatic carbocycles. The molecule has 0 bridgehead atoms. The Kier molecular flexibility index (Phi) is 4.83. The number of amides is 1. The van der Waals surface area contributed by atoms with Crippen molar-refractivity contribution >= 4 is 17.4 Å². The summed E-state index contributed by atoms with van der Waals surface area (Å²) in [6.45, 7) is 2.74. The van der Waals surface area contributed by atoms with Crippen molar-refractivity contribution in [3.8, 4) is 11.1 Å². The molecule has 2 heterocycles. The zero-order chi connectivity index (χ0) is 17.8. The number of aromatic nitrogens is 2. The Balaban J connectivity index is 1.91. The van der Waals surface area contributed by atoms with E-state index in [2.05, 4.69) is 20.5 Å². The van der Waals surface area contributed by atoms with Crippen LogP contribution in [0.15, 0.2) is 52.9 Å². The summed E-state index contributed by atoms with van der Waals surface area (Å²) in [7, 11) is 1.87. The number of carbonyl (C=O) groups is 1. The van der Waals surface area contributed by atoms with Gasteiger partial charge >= 0.3 is 0 Å². The van der Waals surface area contributed by atoms with Crippen LogP contribution in [0.1, 0.15) is 13.3 Å². The van der Waals surface area contributed by atoms with Gasteiger partial charge in [0.05, 0.1) is 18.4 Å². The summed E-state index contributed by atoms with van der Waals surface area (Å²) in [5.74, 6) is 0.474. The van der Waals surface area contributed by atoms with Crippen LogP contribution < -0.4 is 11.1 Å². The highest BCUT2D eigenvalue weighted by atomic mass is 16.2. The van der Waals surface area contributed by atoms with Crippen molar-refractivity contribution in [2.45, 2.75) is 13.3 Å². The van der Waals surface area contributed by atoms with E-state index in [0.717, 1.165) is 34.5 Å². The molecule has 4 N–H and O–H groups in total. The number of amidine groups is 1. The lowest BCUT2D eigenvalue weighted by Crippen LogP contribution is -2.40. The Labute approximate surface area is 146 Å². The van der Waals surface area contributed by atoms with Gasteiger partial charge in [-0.3, -0.25) is 9.89 Å². The number of H-pyrrole nitrogens is 1. The second-order valence-electron chi connectivity index (χ2n) is 5.93. The first-order chi connectivity index (χ1) is 12.1. The minimum Gasteiger partial charge on any atom is -0.391 e. The molecule has 7 heteroatoms. The van der Waals surface area contributed by atoms with E-state index in [0.29, 0.717) is 18.9 Å². The van der Waals surface area contributed by atoms with Crippen molar-refractivity contribution in [3.05, 3.63) is 47.9 Å². The fraction of sp³-hybridized carbons (Fsp3) is 0.278. The summed E-state index contributed by atoms with van der Waals surface area (Å²) >= 11 is 0. The quantitative estimate of drug-likeness (QED) is 0.584. The summed E-state index contributed by atoms with van der Waals surface area (Å²) in [4.78, 5) is 18.0. The van der Waals surface area contributed by atoms with Crippen LogP contribution in [-0.2, 0) is 4.79 Å². The van der Waals surface area contributed by atoms with E-state index in [9.17, 15) is 4.79 Å². The molecular formula is C18H22N6O. The van der Waals surface area contributed by atoms with Crippen molar-refractivity contribution < 1.29 is 4.79 Å². The van der Waals surface area contributed by atoms with Gasteiger partial charge in [0.15, 0.2) is 0 Å². The number of nitrogens with zero attached hydrogens (tertiary/aromatic N) is 3. The van der Waals surface area contributed by atoms with Crippen LogP contribution in [0.5, 0.6) is 0 Å². The molecule has 0 fully saturated rings. The van der Waals surface area contributed by atoms with Crippen LogP contribution in [0, 0.1) is 0 Å². The molecule has 25 heavy (non-hydrogen) atoms. The number of benzene rings is 1. The first kappa shape index (κ1) is 16.8. The van der Waals surface area contributed by atoms with E-state index in [-0.39, 0.29) is 5.91 Å². The molecule has 3 rings (SSSR count). The van der Waals surface area contributed by atoms with Gasteiger partial charge in [0.25, 0.3) is 0 Å². The highest BCUT2D eigenvalue weighted by Gasteiger charge is 2.22. The average molecular weight is 338 g/mol. The number of aromatic amines is 1. The second kappa shape index (κ2) is 7.21. The van der Waals surface area contributed by atoms with Crippen LogP contribution in [0.3, 0.4) is 0 Å². The Hall–Kier alpha value is -3.09. The predicted molar refractivity (Wildman–Crippen MR) is 98.3 cm³/mol. The highest BCUT2D eigenvalue weighted by Crippen LogP contribution is 2.24. The number of nitrogens with one attached hydrogen (secondary N) is 2. The van der Waals surface area contributed by atoms with Gasteiger partial charge in [-0.05, 0) is 17.7 Å². The maximum atomic E-state index is 11.7. The van der Waals surface area contributed by atoms with Gasteiger partial charge in [0.1, 0.15) is 5.84 Å². The van der Waals surface area contributed by atoms with Crippen LogP contribution >= 0.6 is 0 Å². The lowest BCUT2D eigenvalue weighted by molar-refractivity contribution is -0.128. The number of carbonyl (C=O) groups excluding carboxylic acids is 1. The Morgan fingerprint density at radius 3 is 2.92 bits per heavy atom. The SMILES string of the molecule is CNC1=C(C(N)=Nc2cccc(-c3cn[nH]c3)c2)CN(C(C)=O)CC1. The topological polar surface area (TPSA) is 99.4 Å². The maximum Gasteiger partial charge on any atom is 0.219 e. The predicted octanol–water partition coefficient (Wildman–Crippen LogP) is 1.79.